The van der Waals surface area contributed by atoms with Crippen LogP contribution in [-0.2, 0) is 4.79 Å². The molecule has 19 heavy (non-hydrogen) atoms. The molecule has 2 N–H and O–H groups in total. The quantitative estimate of drug-likeness (QED) is 0.872. The van der Waals surface area contributed by atoms with Gasteiger partial charge in [-0.25, -0.2) is 4.98 Å². The van der Waals surface area contributed by atoms with E-state index in [9.17, 15) is 4.79 Å². The molecule has 0 spiro atoms. The third kappa shape index (κ3) is 3.17. The minimum absolute atomic E-state index is 0.299. The van der Waals surface area contributed by atoms with E-state index in [1.807, 2.05) is 10.8 Å². The van der Waals surface area contributed by atoms with Gasteiger partial charge in [-0.3, -0.25) is 9.36 Å². The number of nitrogens with zero attached hydrogens (tertiary/aromatic N) is 2. The van der Waals surface area contributed by atoms with Crippen molar-refractivity contribution in [1.29, 1.82) is 0 Å². The Hall–Kier alpha value is -1.75. The molecule has 0 saturated carbocycles. The molecule has 0 aliphatic rings. The van der Waals surface area contributed by atoms with Crippen molar-refractivity contribution in [3.63, 3.8) is 0 Å². The highest BCUT2D eigenvalue weighted by Crippen LogP contribution is 2.25. The van der Waals surface area contributed by atoms with Crippen LogP contribution in [0.2, 0.25) is 0 Å². The van der Waals surface area contributed by atoms with Crippen LogP contribution in [0.4, 0.5) is 0 Å². The van der Waals surface area contributed by atoms with Crippen molar-refractivity contribution >= 4 is 17.7 Å². The summed E-state index contributed by atoms with van der Waals surface area (Å²) >= 11 is 1.37. The fourth-order valence-corrected chi connectivity index (χ4v) is 2.71. The summed E-state index contributed by atoms with van der Waals surface area (Å²) < 4.78 is 1.98. The number of primary amides is 1. The summed E-state index contributed by atoms with van der Waals surface area (Å²) in [5, 5.41) is 0.475. The van der Waals surface area contributed by atoms with E-state index in [1.54, 1.807) is 13.1 Å². The smallest absolute Gasteiger partial charge is 0.230 e. The lowest BCUT2D eigenvalue weighted by atomic mass is 10.1. The lowest BCUT2D eigenvalue weighted by Crippen LogP contribution is -2.22. The first kappa shape index (κ1) is 13.7. The molecular weight excluding hydrogens is 258 g/mol. The Balaban J connectivity index is 2.36. The Morgan fingerprint density at radius 2 is 1.95 bits per heavy atom. The number of carbonyl (C=O) groups is 1. The first-order valence-corrected chi connectivity index (χ1v) is 6.93. The fourth-order valence-electron chi connectivity index (χ4n) is 1.88. The van der Waals surface area contributed by atoms with Crippen molar-refractivity contribution < 1.29 is 4.79 Å². The van der Waals surface area contributed by atoms with Gasteiger partial charge in [-0.2, -0.15) is 0 Å². The van der Waals surface area contributed by atoms with Crippen molar-refractivity contribution in [3.8, 4) is 5.69 Å². The summed E-state index contributed by atoms with van der Waals surface area (Å²) in [7, 11) is 0. The number of rotatable bonds is 4. The van der Waals surface area contributed by atoms with E-state index in [0.717, 1.165) is 10.8 Å². The predicted molar refractivity (Wildman–Crippen MR) is 77.6 cm³/mol. The van der Waals surface area contributed by atoms with Gasteiger partial charge in [-0.15, -0.1) is 0 Å². The number of hydrogen-bond donors (Lipinski definition) is 1. The molecule has 1 atom stereocenters. The molecule has 1 aromatic heterocycles. The van der Waals surface area contributed by atoms with E-state index < -0.39 is 0 Å². The molecule has 100 valence electrons. The molecule has 0 bridgehead atoms. The average Bonchev–Trinajstić information content (AvgIpc) is 2.75. The van der Waals surface area contributed by atoms with Gasteiger partial charge < -0.3 is 5.73 Å². The minimum Gasteiger partial charge on any atom is -0.369 e. The number of benzene rings is 1. The third-order valence-electron chi connectivity index (χ3n) is 2.77. The average molecular weight is 275 g/mol. The fraction of sp³-hybridized carbons (Fsp3) is 0.286. The van der Waals surface area contributed by atoms with Gasteiger partial charge in [0.25, 0.3) is 0 Å². The second-order valence-corrected chi connectivity index (χ2v) is 5.90. The van der Waals surface area contributed by atoms with E-state index in [4.69, 9.17) is 5.73 Å². The molecule has 1 aromatic carbocycles. The zero-order chi connectivity index (χ0) is 14.0. The Morgan fingerprint density at radius 1 is 1.32 bits per heavy atom. The number of amides is 1. The molecule has 2 aromatic rings. The van der Waals surface area contributed by atoms with Crippen molar-refractivity contribution in [2.75, 3.05) is 0 Å². The summed E-state index contributed by atoms with van der Waals surface area (Å²) in [5.74, 6) is -0.333. The molecular formula is C14H17N3OS. The van der Waals surface area contributed by atoms with Crippen LogP contribution in [0, 0.1) is 13.8 Å². The third-order valence-corrected chi connectivity index (χ3v) is 3.87. The van der Waals surface area contributed by atoms with Gasteiger partial charge in [0.05, 0.1) is 5.25 Å². The highest BCUT2D eigenvalue weighted by molar-refractivity contribution is 8.00. The summed E-state index contributed by atoms with van der Waals surface area (Å²) in [6.45, 7) is 5.91. The molecule has 2 rings (SSSR count). The van der Waals surface area contributed by atoms with Crippen LogP contribution in [0.15, 0.2) is 35.7 Å². The van der Waals surface area contributed by atoms with Gasteiger partial charge in [0.15, 0.2) is 5.16 Å². The van der Waals surface area contributed by atoms with Gasteiger partial charge in [-0.05, 0) is 44.0 Å². The molecule has 1 heterocycles. The van der Waals surface area contributed by atoms with Crippen LogP contribution < -0.4 is 5.73 Å². The van der Waals surface area contributed by atoms with Crippen molar-refractivity contribution in [1.82, 2.24) is 9.55 Å². The van der Waals surface area contributed by atoms with Crippen LogP contribution in [0.25, 0.3) is 5.69 Å². The maximum Gasteiger partial charge on any atom is 0.230 e. The van der Waals surface area contributed by atoms with Gasteiger partial charge in [0.1, 0.15) is 0 Å². The van der Waals surface area contributed by atoms with Gasteiger partial charge in [-0.1, -0.05) is 17.8 Å². The highest BCUT2D eigenvalue weighted by atomic mass is 32.2. The van der Waals surface area contributed by atoms with Crippen LogP contribution in [-0.4, -0.2) is 20.7 Å². The summed E-state index contributed by atoms with van der Waals surface area (Å²) in [6, 6.07) is 6.31. The van der Waals surface area contributed by atoms with Crippen molar-refractivity contribution in [2.24, 2.45) is 5.73 Å². The van der Waals surface area contributed by atoms with E-state index in [1.165, 1.54) is 22.9 Å². The summed E-state index contributed by atoms with van der Waals surface area (Å²) in [5.41, 5.74) is 8.74. The molecule has 5 heteroatoms. The maximum absolute atomic E-state index is 11.1. The van der Waals surface area contributed by atoms with Crippen molar-refractivity contribution in [2.45, 2.75) is 31.2 Å². The number of thioether (sulfide) groups is 1. The number of imidazole rings is 1. The largest absolute Gasteiger partial charge is 0.369 e. The molecule has 0 radical (unpaired) electrons. The molecule has 0 fully saturated rings. The molecule has 1 amide bonds. The highest BCUT2D eigenvalue weighted by Gasteiger charge is 2.15. The van der Waals surface area contributed by atoms with Crippen LogP contribution >= 0.6 is 11.8 Å². The normalized spacial score (nSPS) is 12.4. The predicted octanol–water partition coefficient (Wildman–Crippen LogP) is 2.46. The van der Waals surface area contributed by atoms with Crippen molar-refractivity contribution in [3.05, 3.63) is 41.7 Å². The number of carbonyl (C=O) groups excluding carboxylic acids is 1. The SMILES string of the molecule is Cc1cc(C)cc(-n2ccnc2SC(C)C(N)=O)c1. The summed E-state index contributed by atoms with van der Waals surface area (Å²) in [4.78, 5) is 15.4. The van der Waals surface area contributed by atoms with Crippen LogP contribution in [0.1, 0.15) is 18.1 Å². The first-order valence-electron chi connectivity index (χ1n) is 6.05. The number of nitrogens with two attached hydrogens (primary N) is 1. The zero-order valence-corrected chi connectivity index (χ0v) is 12.1. The maximum atomic E-state index is 11.1. The molecule has 1 unspecified atom stereocenters. The zero-order valence-electron chi connectivity index (χ0n) is 11.3. The topological polar surface area (TPSA) is 60.9 Å². The Labute approximate surface area is 117 Å². The number of hydrogen-bond acceptors (Lipinski definition) is 3. The Kier molecular flexibility index (Phi) is 3.95. The van der Waals surface area contributed by atoms with Gasteiger partial charge in [0.2, 0.25) is 5.91 Å². The van der Waals surface area contributed by atoms with E-state index in [0.29, 0.717) is 0 Å². The van der Waals surface area contributed by atoms with E-state index in [-0.39, 0.29) is 11.2 Å². The Morgan fingerprint density at radius 3 is 2.53 bits per heavy atom. The Bertz CT molecular complexity index is 586. The van der Waals surface area contributed by atoms with Crippen LogP contribution in [0.3, 0.4) is 0 Å². The molecule has 0 saturated heterocycles. The standard InChI is InChI=1S/C14H17N3OS/c1-9-6-10(2)8-12(7-9)17-5-4-16-14(17)19-11(3)13(15)18/h4-8,11H,1-3H3,(H2,15,18). The summed E-state index contributed by atoms with van der Waals surface area (Å²) in [6.07, 6.45) is 3.62. The second-order valence-electron chi connectivity index (χ2n) is 4.59. The van der Waals surface area contributed by atoms with E-state index >= 15 is 0 Å². The lowest BCUT2D eigenvalue weighted by molar-refractivity contribution is -0.117. The monoisotopic (exact) mass is 275 g/mol. The van der Waals surface area contributed by atoms with Gasteiger partial charge in [0, 0.05) is 18.1 Å². The number of aryl methyl sites for hydroxylation is 2. The van der Waals surface area contributed by atoms with Crippen LogP contribution in [0.5, 0.6) is 0 Å². The first-order chi connectivity index (χ1) is 8.97. The second kappa shape index (κ2) is 5.48. The minimum atomic E-state index is -0.333. The molecule has 4 nitrogen and oxygen atoms in total. The number of aromatic nitrogens is 2. The molecule has 0 aliphatic heterocycles. The molecule has 0 aliphatic carbocycles. The van der Waals surface area contributed by atoms with E-state index in [2.05, 4.69) is 37.0 Å². The van der Waals surface area contributed by atoms with Gasteiger partial charge >= 0.3 is 0 Å². The lowest BCUT2D eigenvalue weighted by Gasteiger charge is -2.11.